The van der Waals surface area contributed by atoms with E-state index in [0.717, 1.165) is 25.0 Å². The fraction of sp³-hybridized carbons (Fsp3) is 0.786. The molecular weight excluding hydrogens is 212 g/mol. The van der Waals surface area contributed by atoms with Gasteiger partial charge in [0, 0.05) is 13.2 Å². The van der Waals surface area contributed by atoms with Crippen LogP contribution in [0.25, 0.3) is 0 Å². The minimum Gasteiger partial charge on any atom is -0.383 e. The van der Waals surface area contributed by atoms with Gasteiger partial charge in [-0.15, -0.1) is 0 Å². The fourth-order valence-electron chi connectivity index (χ4n) is 3.13. The van der Waals surface area contributed by atoms with Crippen molar-refractivity contribution in [1.82, 2.24) is 9.78 Å². The standard InChI is InChI=1S/C14H24N2O/c1-11(2)9-12-5-4-7-14(17,10-12)13-6-8-16(3)15-13/h6,8,11-12,17H,4-5,7,9-10H2,1-3H3. The Morgan fingerprint density at radius 1 is 1.59 bits per heavy atom. The summed E-state index contributed by atoms with van der Waals surface area (Å²) in [5.74, 6) is 1.36. The van der Waals surface area contributed by atoms with Crippen LogP contribution in [0.1, 0.15) is 51.6 Å². The summed E-state index contributed by atoms with van der Waals surface area (Å²) in [6, 6.07) is 1.96. The Labute approximate surface area is 104 Å². The molecular formula is C14H24N2O. The van der Waals surface area contributed by atoms with Crippen LogP contribution in [0.15, 0.2) is 12.3 Å². The predicted molar refractivity (Wildman–Crippen MR) is 68.5 cm³/mol. The first-order chi connectivity index (χ1) is 7.99. The number of aromatic nitrogens is 2. The highest BCUT2D eigenvalue weighted by atomic mass is 16.3. The monoisotopic (exact) mass is 236 g/mol. The Kier molecular flexibility index (Phi) is 3.57. The van der Waals surface area contributed by atoms with Gasteiger partial charge in [0.25, 0.3) is 0 Å². The van der Waals surface area contributed by atoms with Gasteiger partial charge in [0.2, 0.25) is 0 Å². The first kappa shape index (κ1) is 12.6. The summed E-state index contributed by atoms with van der Waals surface area (Å²) in [6.07, 6.45) is 7.24. The van der Waals surface area contributed by atoms with Crippen LogP contribution in [0.2, 0.25) is 0 Å². The lowest BCUT2D eigenvalue weighted by Gasteiger charge is -2.36. The van der Waals surface area contributed by atoms with Gasteiger partial charge in [0.1, 0.15) is 5.60 Å². The Hall–Kier alpha value is -0.830. The number of hydrogen-bond acceptors (Lipinski definition) is 2. The van der Waals surface area contributed by atoms with Crippen LogP contribution in [0, 0.1) is 11.8 Å². The molecule has 1 aliphatic rings. The largest absolute Gasteiger partial charge is 0.383 e. The molecule has 2 atom stereocenters. The van der Waals surface area contributed by atoms with Gasteiger partial charge in [-0.3, -0.25) is 4.68 Å². The second-order valence-corrected chi connectivity index (χ2v) is 6.00. The second-order valence-electron chi connectivity index (χ2n) is 6.00. The Balaban J connectivity index is 2.09. The van der Waals surface area contributed by atoms with Gasteiger partial charge in [-0.1, -0.05) is 20.3 Å². The van der Waals surface area contributed by atoms with E-state index in [0.29, 0.717) is 11.8 Å². The van der Waals surface area contributed by atoms with Gasteiger partial charge < -0.3 is 5.11 Å². The van der Waals surface area contributed by atoms with E-state index >= 15 is 0 Å². The van der Waals surface area contributed by atoms with Gasteiger partial charge in [-0.25, -0.2) is 0 Å². The van der Waals surface area contributed by atoms with Crippen molar-refractivity contribution < 1.29 is 5.11 Å². The maximum atomic E-state index is 10.8. The van der Waals surface area contributed by atoms with E-state index in [-0.39, 0.29) is 0 Å². The Bertz CT molecular complexity index is 372. The highest BCUT2D eigenvalue weighted by Gasteiger charge is 2.37. The predicted octanol–water partition coefficient (Wildman–Crippen LogP) is 2.84. The molecule has 0 aliphatic heterocycles. The maximum Gasteiger partial charge on any atom is 0.109 e. The summed E-state index contributed by atoms with van der Waals surface area (Å²) < 4.78 is 1.78. The summed E-state index contributed by atoms with van der Waals surface area (Å²) in [5.41, 5.74) is 0.174. The molecule has 0 saturated heterocycles. The zero-order valence-electron chi connectivity index (χ0n) is 11.2. The van der Waals surface area contributed by atoms with Gasteiger partial charge in [-0.2, -0.15) is 5.10 Å². The molecule has 0 bridgehead atoms. The smallest absolute Gasteiger partial charge is 0.109 e. The number of aryl methyl sites for hydroxylation is 1. The summed E-state index contributed by atoms with van der Waals surface area (Å²) in [5, 5.41) is 15.1. The lowest BCUT2D eigenvalue weighted by molar-refractivity contribution is -0.0284. The number of hydrogen-bond donors (Lipinski definition) is 1. The minimum absolute atomic E-state index is 0.649. The minimum atomic E-state index is -0.681. The van der Waals surface area contributed by atoms with Gasteiger partial charge >= 0.3 is 0 Å². The molecule has 1 fully saturated rings. The lowest BCUT2D eigenvalue weighted by Crippen LogP contribution is -2.33. The van der Waals surface area contributed by atoms with Crippen molar-refractivity contribution in [1.29, 1.82) is 0 Å². The molecule has 1 aliphatic carbocycles. The molecule has 3 heteroatoms. The summed E-state index contributed by atoms with van der Waals surface area (Å²) >= 11 is 0. The van der Waals surface area contributed by atoms with E-state index in [4.69, 9.17) is 0 Å². The topological polar surface area (TPSA) is 38.0 Å². The van der Waals surface area contributed by atoms with Crippen molar-refractivity contribution in [3.05, 3.63) is 18.0 Å². The van der Waals surface area contributed by atoms with Crippen LogP contribution < -0.4 is 0 Å². The van der Waals surface area contributed by atoms with Crippen molar-refractivity contribution in [2.75, 3.05) is 0 Å². The van der Waals surface area contributed by atoms with Crippen LogP contribution in [0.4, 0.5) is 0 Å². The molecule has 1 aromatic heterocycles. The second kappa shape index (κ2) is 4.81. The van der Waals surface area contributed by atoms with E-state index in [1.54, 1.807) is 4.68 Å². The van der Waals surface area contributed by atoms with Crippen LogP contribution >= 0.6 is 0 Å². The average Bonchev–Trinajstić information content (AvgIpc) is 2.64. The van der Waals surface area contributed by atoms with Crippen molar-refractivity contribution >= 4 is 0 Å². The zero-order valence-corrected chi connectivity index (χ0v) is 11.2. The molecule has 0 amide bonds. The number of nitrogens with zero attached hydrogens (tertiary/aromatic N) is 2. The van der Waals surface area contributed by atoms with Crippen LogP contribution in [-0.2, 0) is 12.6 Å². The SMILES string of the molecule is CC(C)CC1CCCC(O)(c2ccn(C)n2)C1. The quantitative estimate of drug-likeness (QED) is 0.876. The summed E-state index contributed by atoms with van der Waals surface area (Å²) in [7, 11) is 1.90. The number of rotatable bonds is 3. The van der Waals surface area contributed by atoms with Crippen molar-refractivity contribution in [3.63, 3.8) is 0 Å². The molecule has 2 unspecified atom stereocenters. The third kappa shape index (κ3) is 2.89. The van der Waals surface area contributed by atoms with Crippen LogP contribution in [0.3, 0.4) is 0 Å². The Morgan fingerprint density at radius 2 is 2.35 bits per heavy atom. The zero-order chi connectivity index (χ0) is 12.5. The van der Waals surface area contributed by atoms with Crippen LogP contribution in [-0.4, -0.2) is 14.9 Å². The van der Waals surface area contributed by atoms with E-state index in [1.807, 2.05) is 19.3 Å². The third-order valence-corrected chi connectivity index (χ3v) is 3.82. The van der Waals surface area contributed by atoms with Crippen molar-refractivity contribution in [2.24, 2.45) is 18.9 Å². The highest BCUT2D eigenvalue weighted by Crippen LogP contribution is 2.41. The summed E-state index contributed by atoms with van der Waals surface area (Å²) in [6.45, 7) is 4.52. The molecule has 1 heterocycles. The molecule has 1 saturated carbocycles. The van der Waals surface area contributed by atoms with Gasteiger partial charge in [0.05, 0.1) is 5.69 Å². The first-order valence-electron chi connectivity index (χ1n) is 6.72. The molecule has 2 rings (SSSR count). The van der Waals surface area contributed by atoms with Crippen molar-refractivity contribution in [3.8, 4) is 0 Å². The maximum absolute atomic E-state index is 10.8. The normalized spacial score (nSPS) is 29.8. The van der Waals surface area contributed by atoms with Gasteiger partial charge in [0.15, 0.2) is 0 Å². The molecule has 1 aromatic rings. The first-order valence-corrected chi connectivity index (χ1v) is 6.72. The van der Waals surface area contributed by atoms with E-state index in [2.05, 4.69) is 18.9 Å². The molecule has 0 aromatic carbocycles. The fourth-order valence-corrected chi connectivity index (χ4v) is 3.13. The number of aliphatic hydroxyl groups is 1. The third-order valence-electron chi connectivity index (χ3n) is 3.82. The van der Waals surface area contributed by atoms with E-state index < -0.39 is 5.60 Å². The van der Waals surface area contributed by atoms with Crippen molar-refractivity contribution in [2.45, 2.75) is 51.6 Å². The molecule has 3 nitrogen and oxygen atoms in total. The molecule has 1 N–H and O–H groups in total. The lowest BCUT2D eigenvalue weighted by atomic mass is 9.74. The van der Waals surface area contributed by atoms with E-state index in [1.165, 1.54) is 12.8 Å². The summed E-state index contributed by atoms with van der Waals surface area (Å²) in [4.78, 5) is 0. The molecule has 0 radical (unpaired) electrons. The highest BCUT2D eigenvalue weighted by molar-refractivity contribution is 5.12. The van der Waals surface area contributed by atoms with Crippen LogP contribution in [0.5, 0.6) is 0 Å². The molecule has 96 valence electrons. The molecule has 0 spiro atoms. The average molecular weight is 236 g/mol. The molecule has 17 heavy (non-hydrogen) atoms. The van der Waals surface area contributed by atoms with Gasteiger partial charge in [-0.05, 0) is 43.6 Å². The van der Waals surface area contributed by atoms with E-state index in [9.17, 15) is 5.11 Å². The Morgan fingerprint density at radius 3 is 2.94 bits per heavy atom.